The highest BCUT2D eigenvalue weighted by Crippen LogP contribution is 2.01. The Morgan fingerprint density at radius 2 is 2.30 bits per heavy atom. The van der Waals surface area contributed by atoms with Crippen LogP contribution in [-0.2, 0) is 0 Å². The Morgan fingerprint density at radius 1 is 1.40 bits per heavy atom. The predicted molar refractivity (Wildman–Crippen MR) is 44.8 cm³/mol. The van der Waals surface area contributed by atoms with Crippen molar-refractivity contribution in [2.45, 2.75) is 39.0 Å². The molecule has 1 aliphatic heterocycles. The van der Waals surface area contributed by atoms with E-state index in [-0.39, 0.29) is 0 Å². The quantitative estimate of drug-likeness (QED) is 0.528. The molecule has 0 saturated carbocycles. The molecule has 0 fully saturated rings. The van der Waals surface area contributed by atoms with Crippen molar-refractivity contribution in [1.82, 2.24) is 0 Å². The van der Waals surface area contributed by atoms with E-state index < -0.39 is 0 Å². The summed E-state index contributed by atoms with van der Waals surface area (Å²) < 4.78 is 2.48. The Hall–Kier alpha value is -0.330. The first-order chi connectivity index (χ1) is 4.93. The van der Waals surface area contributed by atoms with E-state index in [1.54, 1.807) is 0 Å². The third-order valence-corrected chi connectivity index (χ3v) is 2.09. The fraction of sp³-hybridized carbons (Fsp3) is 0.889. The molecule has 10 heavy (non-hydrogen) atoms. The summed E-state index contributed by atoms with van der Waals surface area (Å²) in [6.45, 7) is 4.85. The topological polar surface area (TPSA) is 3.01 Å². The highest BCUT2D eigenvalue weighted by atomic mass is 15.0. The van der Waals surface area contributed by atoms with E-state index in [4.69, 9.17) is 0 Å². The largest absolute Gasteiger partial charge is 0.240 e. The predicted octanol–water partition coefficient (Wildman–Crippen LogP) is 2.05. The zero-order chi connectivity index (χ0) is 7.23. The van der Waals surface area contributed by atoms with Crippen LogP contribution in [0.15, 0.2) is 0 Å². The summed E-state index contributed by atoms with van der Waals surface area (Å²) in [4.78, 5) is 0. The van der Waals surface area contributed by atoms with E-state index in [9.17, 15) is 0 Å². The van der Waals surface area contributed by atoms with Crippen molar-refractivity contribution in [3.8, 4) is 0 Å². The van der Waals surface area contributed by atoms with Crippen molar-refractivity contribution in [2.75, 3.05) is 13.1 Å². The van der Waals surface area contributed by atoms with Crippen molar-refractivity contribution in [2.24, 2.45) is 0 Å². The maximum atomic E-state index is 2.48. The van der Waals surface area contributed by atoms with Gasteiger partial charge >= 0.3 is 0 Å². The number of hydrogen-bond donors (Lipinski definition) is 0. The Kier molecular flexibility index (Phi) is 3.48. The lowest BCUT2D eigenvalue weighted by Gasteiger charge is -2.06. The fourth-order valence-electron chi connectivity index (χ4n) is 1.39. The fourth-order valence-corrected chi connectivity index (χ4v) is 1.39. The van der Waals surface area contributed by atoms with Crippen molar-refractivity contribution in [1.29, 1.82) is 0 Å². The van der Waals surface area contributed by atoms with Crippen LogP contribution in [0, 0.1) is 0 Å². The van der Waals surface area contributed by atoms with Gasteiger partial charge in [0, 0.05) is 19.3 Å². The first-order valence-corrected chi connectivity index (χ1v) is 4.51. The molecule has 0 saturated heterocycles. The van der Waals surface area contributed by atoms with Crippen LogP contribution in [0.25, 0.3) is 0 Å². The van der Waals surface area contributed by atoms with Crippen molar-refractivity contribution < 1.29 is 4.58 Å². The summed E-state index contributed by atoms with van der Waals surface area (Å²) in [6.07, 6.45) is 9.17. The summed E-state index contributed by atoms with van der Waals surface area (Å²) in [6, 6.07) is 0. The lowest BCUT2D eigenvalue weighted by Crippen LogP contribution is -2.19. The standard InChI is InChI=1S/C9H18N/c1-2-3-7-10-8-5-4-6-9-10/h8H,2-7,9H2,1H3/q+1. The van der Waals surface area contributed by atoms with Crippen LogP contribution in [0.3, 0.4) is 0 Å². The minimum Gasteiger partial charge on any atom is -0.240 e. The van der Waals surface area contributed by atoms with Gasteiger partial charge in [0.05, 0.1) is 0 Å². The molecule has 58 valence electrons. The number of hydrogen-bond acceptors (Lipinski definition) is 0. The molecule has 1 heterocycles. The number of nitrogens with zero attached hydrogens (tertiary/aromatic N) is 1. The summed E-state index contributed by atoms with van der Waals surface area (Å²) in [5.41, 5.74) is 0. The van der Waals surface area contributed by atoms with Crippen LogP contribution in [0.5, 0.6) is 0 Å². The monoisotopic (exact) mass is 140 g/mol. The average Bonchev–Trinajstić information content (AvgIpc) is 2.03. The summed E-state index contributed by atoms with van der Waals surface area (Å²) in [5.74, 6) is 0. The van der Waals surface area contributed by atoms with E-state index >= 15 is 0 Å². The summed E-state index contributed by atoms with van der Waals surface area (Å²) in [5, 5.41) is 0. The molecule has 0 aromatic rings. The molecule has 0 aromatic carbocycles. The van der Waals surface area contributed by atoms with Gasteiger partial charge in [0.1, 0.15) is 19.3 Å². The molecule has 0 aliphatic carbocycles. The molecule has 0 unspecified atom stereocenters. The lowest BCUT2D eigenvalue weighted by molar-refractivity contribution is -0.528. The molecular weight excluding hydrogens is 122 g/mol. The van der Waals surface area contributed by atoms with Crippen molar-refractivity contribution >= 4 is 6.21 Å². The van der Waals surface area contributed by atoms with Crippen LogP contribution < -0.4 is 0 Å². The molecule has 0 spiro atoms. The Morgan fingerprint density at radius 3 is 2.90 bits per heavy atom. The molecular formula is C9H18N+. The smallest absolute Gasteiger partial charge is 0.142 e. The zero-order valence-electron chi connectivity index (χ0n) is 6.97. The molecule has 0 aromatic heterocycles. The summed E-state index contributed by atoms with van der Waals surface area (Å²) in [7, 11) is 0. The van der Waals surface area contributed by atoms with Gasteiger partial charge in [-0.25, -0.2) is 4.58 Å². The van der Waals surface area contributed by atoms with E-state index in [1.165, 1.54) is 45.2 Å². The number of unbranched alkanes of at least 4 members (excludes halogenated alkanes) is 1. The zero-order valence-corrected chi connectivity index (χ0v) is 6.97. The maximum Gasteiger partial charge on any atom is 0.142 e. The first kappa shape index (κ1) is 7.77. The van der Waals surface area contributed by atoms with Gasteiger partial charge in [-0.3, -0.25) is 0 Å². The Bertz CT molecular complexity index is 116. The molecule has 0 atom stereocenters. The van der Waals surface area contributed by atoms with Gasteiger partial charge in [0.15, 0.2) is 0 Å². The molecule has 1 heteroatoms. The Labute approximate surface area is 63.8 Å². The third-order valence-electron chi connectivity index (χ3n) is 2.09. The molecule has 0 radical (unpaired) electrons. The SMILES string of the molecule is CCCC[N+]1=CCCCC1. The second kappa shape index (κ2) is 4.48. The van der Waals surface area contributed by atoms with Gasteiger partial charge in [0.2, 0.25) is 0 Å². The van der Waals surface area contributed by atoms with E-state index in [0.29, 0.717) is 0 Å². The van der Waals surface area contributed by atoms with Crippen LogP contribution in [0.4, 0.5) is 0 Å². The van der Waals surface area contributed by atoms with Gasteiger partial charge in [-0.15, -0.1) is 0 Å². The maximum absolute atomic E-state index is 2.48. The van der Waals surface area contributed by atoms with Gasteiger partial charge in [-0.05, 0) is 6.42 Å². The highest BCUT2D eigenvalue weighted by Gasteiger charge is 2.07. The minimum atomic E-state index is 1.29. The summed E-state index contributed by atoms with van der Waals surface area (Å²) >= 11 is 0. The second-order valence-corrected chi connectivity index (χ2v) is 3.07. The van der Waals surface area contributed by atoms with Crippen LogP contribution >= 0.6 is 0 Å². The molecule has 0 bridgehead atoms. The molecule has 1 nitrogen and oxygen atoms in total. The van der Waals surface area contributed by atoms with E-state index in [1.807, 2.05) is 0 Å². The normalized spacial score (nSPS) is 18.7. The molecule has 1 aliphatic rings. The van der Waals surface area contributed by atoms with Gasteiger partial charge in [-0.2, -0.15) is 0 Å². The highest BCUT2D eigenvalue weighted by molar-refractivity contribution is 5.51. The minimum absolute atomic E-state index is 1.29. The average molecular weight is 140 g/mol. The van der Waals surface area contributed by atoms with Crippen LogP contribution in [-0.4, -0.2) is 23.9 Å². The molecule has 0 N–H and O–H groups in total. The van der Waals surface area contributed by atoms with Gasteiger partial charge < -0.3 is 0 Å². The van der Waals surface area contributed by atoms with Gasteiger partial charge in [-0.1, -0.05) is 13.3 Å². The van der Waals surface area contributed by atoms with E-state index in [2.05, 4.69) is 17.7 Å². The van der Waals surface area contributed by atoms with Gasteiger partial charge in [0.25, 0.3) is 0 Å². The molecule has 0 amide bonds. The second-order valence-electron chi connectivity index (χ2n) is 3.07. The lowest BCUT2D eigenvalue weighted by atomic mass is 10.2. The van der Waals surface area contributed by atoms with E-state index in [0.717, 1.165) is 0 Å². The Balaban J connectivity index is 2.18. The first-order valence-electron chi connectivity index (χ1n) is 4.51. The van der Waals surface area contributed by atoms with Crippen LogP contribution in [0.2, 0.25) is 0 Å². The van der Waals surface area contributed by atoms with Crippen molar-refractivity contribution in [3.05, 3.63) is 0 Å². The van der Waals surface area contributed by atoms with Crippen molar-refractivity contribution in [3.63, 3.8) is 0 Å². The van der Waals surface area contributed by atoms with Crippen LogP contribution in [0.1, 0.15) is 39.0 Å². The molecule has 1 rings (SSSR count). The number of rotatable bonds is 3. The third kappa shape index (κ3) is 2.51.